The molecule has 0 atom stereocenters. The van der Waals surface area contributed by atoms with Crippen molar-refractivity contribution in [2.45, 2.75) is 26.9 Å². The smallest absolute Gasteiger partial charge is 0.132 e. The number of likely N-dealkylation sites (N-methyl/N-ethyl adjacent to an activating group) is 1. The second kappa shape index (κ2) is 7.90. The molecule has 1 heterocycles. The largest absolute Gasteiger partial charge is 0.348 e. The quantitative estimate of drug-likeness (QED) is 0.840. The second-order valence-corrected chi connectivity index (χ2v) is 6.55. The van der Waals surface area contributed by atoms with Crippen molar-refractivity contribution in [3.8, 4) is 0 Å². The fourth-order valence-electron chi connectivity index (χ4n) is 2.40. The summed E-state index contributed by atoms with van der Waals surface area (Å²) in [6.45, 7) is 6.57. The number of benzene rings is 1. The van der Waals surface area contributed by atoms with Gasteiger partial charge in [-0.05, 0) is 39.6 Å². The molecule has 0 saturated heterocycles. The lowest BCUT2D eigenvalue weighted by atomic mass is 10.1. The molecule has 0 fully saturated rings. The first-order valence-electron chi connectivity index (χ1n) is 7.68. The Hall–Kier alpha value is -1.43. The third-order valence-electron chi connectivity index (χ3n) is 3.93. The molecule has 0 saturated carbocycles. The maximum absolute atomic E-state index is 14.4. The predicted molar refractivity (Wildman–Crippen MR) is 92.1 cm³/mol. The molecule has 0 aliphatic rings. The van der Waals surface area contributed by atoms with Crippen molar-refractivity contribution < 1.29 is 4.39 Å². The zero-order chi connectivity index (χ0) is 17.0. The molecule has 4 nitrogen and oxygen atoms in total. The number of H-pyrrole nitrogens is 1. The highest BCUT2D eigenvalue weighted by atomic mass is 35.5. The first kappa shape index (κ1) is 17.9. The van der Waals surface area contributed by atoms with Gasteiger partial charge in [0, 0.05) is 42.5 Å². The average Bonchev–Trinajstić information content (AvgIpc) is 2.90. The number of hydrogen-bond donors (Lipinski definition) is 1. The zero-order valence-corrected chi connectivity index (χ0v) is 14.9. The highest BCUT2D eigenvalue weighted by Gasteiger charge is 2.16. The molecule has 0 amide bonds. The zero-order valence-electron chi connectivity index (χ0n) is 14.2. The number of nitrogens with zero attached hydrogens (tertiary/aromatic N) is 3. The van der Waals surface area contributed by atoms with E-state index >= 15 is 0 Å². The standard InChI is InChI=1S/C17H24ClFN4/c1-12-5-6-15(18)14(17(12)19)9-23(8-7-22(3)4)10-16-13(2)20-11-21-16/h5-6,11H,7-10H2,1-4H3,(H,20,21). The highest BCUT2D eigenvalue weighted by molar-refractivity contribution is 6.31. The summed E-state index contributed by atoms with van der Waals surface area (Å²) in [5.41, 5.74) is 3.19. The fraction of sp³-hybridized carbons (Fsp3) is 0.471. The van der Waals surface area contributed by atoms with Gasteiger partial charge in [0.1, 0.15) is 5.82 Å². The Bertz CT molecular complexity index is 654. The van der Waals surface area contributed by atoms with Gasteiger partial charge in [-0.1, -0.05) is 17.7 Å². The lowest BCUT2D eigenvalue weighted by molar-refractivity contribution is 0.221. The molecule has 2 rings (SSSR count). The van der Waals surface area contributed by atoms with E-state index in [0.717, 1.165) is 24.5 Å². The molecular formula is C17H24ClFN4. The van der Waals surface area contributed by atoms with Crippen LogP contribution in [0, 0.1) is 19.7 Å². The minimum absolute atomic E-state index is 0.217. The Balaban J connectivity index is 2.20. The van der Waals surface area contributed by atoms with E-state index in [9.17, 15) is 4.39 Å². The average molecular weight is 339 g/mol. The molecule has 0 radical (unpaired) electrons. The minimum Gasteiger partial charge on any atom is -0.348 e. The molecule has 6 heteroatoms. The number of nitrogens with one attached hydrogen (secondary N) is 1. The summed E-state index contributed by atoms with van der Waals surface area (Å²) in [5.74, 6) is -0.217. The van der Waals surface area contributed by atoms with E-state index in [1.54, 1.807) is 25.4 Å². The van der Waals surface area contributed by atoms with Crippen LogP contribution in [0.15, 0.2) is 18.5 Å². The van der Waals surface area contributed by atoms with Gasteiger partial charge < -0.3 is 9.88 Å². The van der Waals surface area contributed by atoms with Crippen molar-refractivity contribution in [1.82, 2.24) is 19.8 Å². The van der Waals surface area contributed by atoms with Gasteiger partial charge in [-0.25, -0.2) is 9.37 Å². The molecular weight excluding hydrogens is 315 g/mol. The van der Waals surface area contributed by atoms with E-state index in [1.807, 2.05) is 21.0 Å². The van der Waals surface area contributed by atoms with Gasteiger partial charge in [-0.2, -0.15) is 0 Å². The molecule has 0 aliphatic heterocycles. The van der Waals surface area contributed by atoms with Crippen molar-refractivity contribution in [3.05, 3.63) is 51.8 Å². The molecule has 0 unspecified atom stereocenters. The maximum atomic E-state index is 14.4. The molecule has 0 bridgehead atoms. The third kappa shape index (κ3) is 4.77. The molecule has 1 N–H and O–H groups in total. The Labute approximate surface area is 142 Å². The summed E-state index contributed by atoms with van der Waals surface area (Å²) in [5, 5.41) is 0.474. The van der Waals surface area contributed by atoms with E-state index in [4.69, 9.17) is 11.6 Å². The minimum atomic E-state index is -0.217. The predicted octanol–water partition coefficient (Wildman–Crippen LogP) is 3.38. The van der Waals surface area contributed by atoms with E-state index in [2.05, 4.69) is 19.8 Å². The van der Waals surface area contributed by atoms with Crippen molar-refractivity contribution in [2.24, 2.45) is 0 Å². The summed E-state index contributed by atoms with van der Waals surface area (Å²) in [4.78, 5) is 11.7. The Kier molecular flexibility index (Phi) is 6.16. The number of aromatic nitrogens is 2. The van der Waals surface area contributed by atoms with Gasteiger partial charge in [0.2, 0.25) is 0 Å². The van der Waals surface area contributed by atoms with Crippen LogP contribution in [0.2, 0.25) is 5.02 Å². The van der Waals surface area contributed by atoms with Crippen LogP contribution in [0.1, 0.15) is 22.5 Å². The van der Waals surface area contributed by atoms with E-state index < -0.39 is 0 Å². The monoisotopic (exact) mass is 338 g/mol. The highest BCUT2D eigenvalue weighted by Crippen LogP contribution is 2.24. The lowest BCUT2D eigenvalue weighted by Crippen LogP contribution is -2.31. The first-order chi connectivity index (χ1) is 10.9. The number of imidazole rings is 1. The summed E-state index contributed by atoms with van der Waals surface area (Å²) < 4.78 is 14.4. The van der Waals surface area contributed by atoms with Crippen molar-refractivity contribution >= 4 is 11.6 Å². The van der Waals surface area contributed by atoms with Gasteiger partial charge in [0.15, 0.2) is 0 Å². The number of hydrogen-bond acceptors (Lipinski definition) is 3. The summed E-state index contributed by atoms with van der Waals surface area (Å²) in [6, 6.07) is 3.47. The van der Waals surface area contributed by atoms with E-state index in [0.29, 0.717) is 29.2 Å². The van der Waals surface area contributed by atoms with Crippen LogP contribution < -0.4 is 0 Å². The number of halogens is 2. The van der Waals surface area contributed by atoms with Crippen LogP contribution in [0.4, 0.5) is 4.39 Å². The van der Waals surface area contributed by atoms with Crippen LogP contribution in [-0.4, -0.2) is 47.0 Å². The molecule has 0 aliphatic carbocycles. The van der Waals surface area contributed by atoms with Crippen LogP contribution in [0.5, 0.6) is 0 Å². The van der Waals surface area contributed by atoms with Gasteiger partial charge in [-0.3, -0.25) is 4.90 Å². The van der Waals surface area contributed by atoms with Crippen molar-refractivity contribution in [1.29, 1.82) is 0 Å². The molecule has 2 aromatic rings. The molecule has 1 aromatic heterocycles. The number of aromatic amines is 1. The van der Waals surface area contributed by atoms with E-state index in [1.165, 1.54) is 0 Å². The lowest BCUT2D eigenvalue weighted by Gasteiger charge is -2.24. The summed E-state index contributed by atoms with van der Waals surface area (Å²) in [6.07, 6.45) is 1.69. The van der Waals surface area contributed by atoms with Crippen LogP contribution in [0.25, 0.3) is 0 Å². The Morgan fingerprint density at radius 1 is 1.17 bits per heavy atom. The van der Waals surface area contributed by atoms with Gasteiger partial charge in [0.05, 0.1) is 12.0 Å². The normalized spacial score (nSPS) is 11.7. The van der Waals surface area contributed by atoms with Gasteiger partial charge >= 0.3 is 0 Å². The van der Waals surface area contributed by atoms with Crippen LogP contribution in [-0.2, 0) is 13.1 Å². The van der Waals surface area contributed by atoms with Crippen molar-refractivity contribution in [2.75, 3.05) is 27.2 Å². The Morgan fingerprint density at radius 3 is 2.52 bits per heavy atom. The second-order valence-electron chi connectivity index (χ2n) is 6.14. The third-order valence-corrected chi connectivity index (χ3v) is 4.29. The fourth-order valence-corrected chi connectivity index (χ4v) is 2.60. The van der Waals surface area contributed by atoms with Gasteiger partial charge in [0.25, 0.3) is 0 Å². The van der Waals surface area contributed by atoms with Gasteiger partial charge in [-0.15, -0.1) is 0 Å². The summed E-state index contributed by atoms with van der Waals surface area (Å²) >= 11 is 6.22. The Morgan fingerprint density at radius 2 is 1.91 bits per heavy atom. The van der Waals surface area contributed by atoms with Crippen LogP contribution >= 0.6 is 11.6 Å². The van der Waals surface area contributed by atoms with Crippen molar-refractivity contribution in [3.63, 3.8) is 0 Å². The molecule has 1 aromatic carbocycles. The molecule has 23 heavy (non-hydrogen) atoms. The number of aryl methyl sites for hydroxylation is 2. The molecule has 126 valence electrons. The first-order valence-corrected chi connectivity index (χ1v) is 8.05. The number of rotatable bonds is 7. The van der Waals surface area contributed by atoms with E-state index in [-0.39, 0.29) is 5.82 Å². The summed E-state index contributed by atoms with van der Waals surface area (Å²) in [7, 11) is 4.05. The van der Waals surface area contributed by atoms with Crippen LogP contribution in [0.3, 0.4) is 0 Å². The molecule has 0 spiro atoms. The maximum Gasteiger partial charge on any atom is 0.132 e. The topological polar surface area (TPSA) is 35.2 Å². The SMILES string of the molecule is Cc1ccc(Cl)c(CN(CCN(C)C)Cc2nc[nH]c2C)c1F.